The van der Waals surface area contributed by atoms with Crippen molar-refractivity contribution in [1.82, 2.24) is 10.2 Å². The van der Waals surface area contributed by atoms with Crippen LogP contribution >= 0.6 is 0 Å². The van der Waals surface area contributed by atoms with Crippen LogP contribution in [0.15, 0.2) is 48.5 Å². The molecule has 1 heterocycles. The minimum Gasteiger partial charge on any atom is -0.378 e. The summed E-state index contributed by atoms with van der Waals surface area (Å²) >= 11 is 0. The molecular formula is C21H26FN3O2. The lowest BCUT2D eigenvalue weighted by Crippen LogP contribution is -2.38. The summed E-state index contributed by atoms with van der Waals surface area (Å²) in [6, 6.07) is 14.5. The highest BCUT2D eigenvalue weighted by Gasteiger charge is 2.12. The Balaban J connectivity index is 1.43. The number of nitrogens with one attached hydrogen (secondary N) is 1. The molecule has 1 saturated heterocycles. The summed E-state index contributed by atoms with van der Waals surface area (Å²) in [5, 5.41) is 2.90. The minimum atomic E-state index is -0.248. The Hall–Kier alpha value is -2.60. The van der Waals surface area contributed by atoms with Gasteiger partial charge in [0.25, 0.3) is 0 Å². The molecule has 0 spiro atoms. The zero-order valence-electron chi connectivity index (χ0n) is 15.7. The number of carbonyl (C=O) groups is 1. The molecule has 1 aliphatic rings. The SMILES string of the molecule is CN(Cc1ccc(N2CCOCC2)cc1)C(=O)NCCc1ccc(F)cc1. The predicted octanol–water partition coefficient (Wildman–Crippen LogP) is 3.05. The highest BCUT2D eigenvalue weighted by Crippen LogP contribution is 2.17. The molecule has 1 aliphatic heterocycles. The first kappa shape index (κ1) is 19.2. The van der Waals surface area contributed by atoms with E-state index in [1.807, 2.05) is 0 Å². The van der Waals surface area contributed by atoms with Crippen LogP contribution in [0.25, 0.3) is 0 Å². The van der Waals surface area contributed by atoms with E-state index in [-0.39, 0.29) is 11.8 Å². The molecular weight excluding hydrogens is 345 g/mol. The molecule has 2 aromatic rings. The number of hydrogen-bond donors (Lipinski definition) is 1. The Morgan fingerprint density at radius 2 is 1.70 bits per heavy atom. The van der Waals surface area contributed by atoms with Crippen molar-refractivity contribution in [2.75, 3.05) is 44.8 Å². The van der Waals surface area contributed by atoms with Crippen LogP contribution in [0, 0.1) is 5.82 Å². The molecule has 0 atom stereocenters. The second kappa shape index (κ2) is 9.37. The summed E-state index contributed by atoms with van der Waals surface area (Å²) in [6.07, 6.45) is 0.675. The molecule has 2 aromatic carbocycles. The maximum atomic E-state index is 12.9. The van der Waals surface area contributed by atoms with Gasteiger partial charge in [0.1, 0.15) is 5.82 Å². The fourth-order valence-electron chi connectivity index (χ4n) is 3.08. The van der Waals surface area contributed by atoms with Crippen molar-refractivity contribution in [1.29, 1.82) is 0 Å². The molecule has 144 valence electrons. The zero-order valence-corrected chi connectivity index (χ0v) is 15.7. The highest BCUT2D eigenvalue weighted by molar-refractivity contribution is 5.73. The standard InChI is InChI=1S/C21H26FN3O2/c1-24(21(26)23-11-10-17-2-6-19(22)7-3-17)16-18-4-8-20(9-5-18)25-12-14-27-15-13-25/h2-9H,10-16H2,1H3,(H,23,26). The first-order chi connectivity index (χ1) is 13.1. The number of rotatable bonds is 6. The van der Waals surface area contributed by atoms with Gasteiger partial charge in [-0.25, -0.2) is 9.18 Å². The molecule has 3 rings (SSSR count). The number of urea groups is 1. The summed E-state index contributed by atoms with van der Waals surface area (Å²) in [5.74, 6) is -0.248. The Kier molecular flexibility index (Phi) is 6.65. The lowest BCUT2D eigenvalue weighted by Gasteiger charge is -2.29. The Bertz CT molecular complexity index is 728. The average Bonchev–Trinajstić information content (AvgIpc) is 2.70. The van der Waals surface area contributed by atoms with Gasteiger partial charge in [-0.15, -0.1) is 0 Å². The van der Waals surface area contributed by atoms with E-state index in [2.05, 4.69) is 34.5 Å². The molecule has 27 heavy (non-hydrogen) atoms. The molecule has 0 aromatic heterocycles. The van der Waals surface area contributed by atoms with Gasteiger partial charge in [-0.3, -0.25) is 0 Å². The molecule has 0 unspecified atom stereocenters. The van der Waals surface area contributed by atoms with E-state index in [0.717, 1.165) is 37.4 Å². The van der Waals surface area contributed by atoms with Crippen LogP contribution in [-0.4, -0.2) is 50.8 Å². The topological polar surface area (TPSA) is 44.8 Å². The fraction of sp³-hybridized carbons (Fsp3) is 0.381. The number of amides is 2. The monoisotopic (exact) mass is 371 g/mol. The molecule has 0 radical (unpaired) electrons. The van der Waals surface area contributed by atoms with Gasteiger partial charge < -0.3 is 19.9 Å². The second-order valence-corrected chi connectivity index (χ2v) is 6.73. The number of benzene rings is 2. The van der Waals surface area contributed by atoms with Crippen molar-refractivity contribution in [3.63, 3.8) is 0 Å². The van der Waals surface area contributed by atoms with Gasteiger partial charge in [-0.1, -0.05) is 24.3 Å². The summed E-state index contributed by atoms with van der Waals surface area (Å²) in [4.78, 5) is 16.2. The summed E-state index contributed by atoms with van der Waals surface area (Å²) in [6.45, 7) is 4.42. The van der Waals surface area contributed by atoms with Crippen LogP contribution in [0.1, 0.15) is 11.1 Å². The zero-order chi connectivity index (χ0) is 19.1. The van der Waals surface area contributed by atoms with Gasteiger partial charge in [0.05, 0.1) is 13.2 Å². The third-order valence-electron chi connectivity index (χ3n) is 4.68. The molecule has 0 saturated carbocycles. The molecule has 1 N–H and O–H groups in total. The number of anilines is 1. The van der Waals surface area contributed by atoms with E-state index in [1.54, 1.807) is 24.1 Å². The van der Waals surface area contributed by atoms with Crippen molar-refractivity contribution in [2.24, 2.45) is 0 Å². The van der Waals surface area contributed by atoms with E-state index in [0.29, 0.717) is 19.5 Å². The number of hydrogen-bond acceptors (Lipinski definition) is 3. The van der Waals surface area contributed by atoms with Crippen molar-refractivity contribution in [3.8, 4) is 0 Å². The van der Waals surface area contributed by atoms with Gasteiger partial charge in [-0.2, -0.15) is 0 Å². The van der Waals surface area contributed by atoms with E-state index >= 15 is 0 Å². The molecule has 5 nitrogen and oxygen atoms in total. The third kappa shape index (κ3) is 5.69. The Morgan fingerprint density at radius 1 is 1.07 bits per heavy atom. The maximum Gasteiger partial charge on any atom is 0.317 e. The van der Waals surface area contributed by atoms with E-state index in [4.69, 9.17) is 4.74 Å². The number of ether oxygens (including phenoxy) is 1. The van der Waals surface area contributed by atoms with E-state index in [9.17, 15) is 9.18 Å². The van der Waals surface area contributed by atoms with Crippen molar-refractivity contribution in [3.05, 3.63) is 65.5 Å². The fourth-order valence-corrected chi connectivity index (χ4v) is 3.08. The third-order valence-corrected chi connectivity index (χ3v) is 4.68. The predicted molar refractivity (Wildman–Crippen MR) is 104 cm³/mol. The van der Waals surface area contributed by atoms with Gasteiger partial charge in [0.2, 0.25) is 0 Å². The summed E-state index contributed by atoms with van der Waals surface area (Å²) in [7, 11) is 1.78. The normalized spacial score (nSPS) is 14.1. The van der Waals surface area contributed by atoms with Crippen LogP contribution in [0.2, 0.25) is 0 Å². The van der Waals surface area contributed by atoms with Crippen LogP contribution in [0.3, 0.4) is 0 Å². The van der Waals surface area contributed by atoms with Crippen LogP contribution in [0.5, 0.6) is 0 Å². The number of halogens is 1. The molecule has 1 fully saturated rings. The Labute approximate surface area is 159 Å². The Morgan fingerprint density at radius 3 is 2.37 bits per heavy atom. The minimum absolute atomic E-state index is 0.116. The van der Waals surface area contributed by atoms with E-state index in [1.165, 1.54) is 17.8 Å². The van der Waals surface area contributed by atoms with Crippen molar-refractivity contribution in [2.45, 2.75) is 13.0 Å². The lowest BCUT2D eigenvalue weighted by molar-refractivity contribution is 0.122. The van der Waals surface area contributed by atoms with Gasteiger partial charge in [0, 0.05) is 38.9 Å². The first-order valence-electron chi connectivity index (χ1n) is 9.27. The van der Waals surface area contributed by atoms with Crippen LogP contribution in [0.4, 0.5) is 14.9 Å². The second-order valence-electron chi connectivity index (χ2n) is 6.73. The quantitative estimate of drug-likeness (QED) is 0.849. The molecule has 6 heteroatoms. The molecule has 0 bridgehead atoms. The van der Waals surface area contributed by atoms with Crippen molar-refractivity contribution < 1.29 is 13.9 Å². The molecule has 0 aliphatic carbocycles. The van der Waals surface area contributed by atoms with Gasteiger partial charge >= 0.3 is 6.03 Å². The largest absolute Gasteiger partial charge is 0.378 e. The van der Waals surface area contributed by atoms with Gasteiger partial charge in [0.15, 0.2) is 0 Å². The maximum absolute atomic E-state index is 12.9. The smallest absolute Gasteiger partial charge is 0.317 e. The summed E-state index contributed by atoms with van der Waals surface area (Å²) in [5.41, 5.74) is 3.27. The van der Waals surface area contributed by atoms with Crippen LogP contribution in [-0.2, 0) is 17.7 Å². The first-order valence-corrected chi connectivity index (χ1v) is 9.27. The van der Waals surface area contributed by atoms with Gasteiger partial charge in [-0.05, 0) is 41.8 Å². The number of nitrogens with zero attached hydrogens (tertiary/aromatic N) is 2. The lowest BCUT2D eigenvalue weighted by atomic mass is 10.1. The highest BCUT2D eigenvalue weighted by atomic mass is 19.1. The number of carbonyl (C=O) groups excluding carboxylic acids is 1. The molecule has 2 amide bonds. The number of morpholine rings is 1. The average molecular weight is 371 g/mol. The van der Waals surface area contributed by atoms with E-state index < -0.39 is 0 Å². The van der Waals surface area contributed by atoms with Crippen molar-refractivity contribution >= 4 is 11.7 Å². The summed E-state index contributed by atoms with van der Waals surface area (Å²) < 4.78 is 18.3. The van der Waals surface area contributed by atoms with Crippen LogP contribution < -0.4 is 10.2 Å².